The molecule has 12 heavy (non-hydrogen) atoms. The Morgan fingerprint density at radius 2 is 1.83 bits per heavy atom. The fourth-order valence-electron chi connectivity index (χ4n) is 0.424. The number of aliphatic hydroxyl groups is 1. The third-order valence-electron chi connectivity index (χ3n) is 0.949. The van der Waals surface area contributed by atoms with Crippen LogP contribution in [-0.2, 0) is 14.4 Å². The molecule has 0 aliphatic rings. The largest absolute Gasteiger partial charge is 0.479 e. The van der Waals surface area contributed by atoms with E-state index >= 15 is 0 Å². The molecule has 2 atom stereocenters. The molecule has 0 spiro atoms. The molecule has 2 unspecified atom stereocenters. The molecular formula is C5H5NO6. The summed E-state index contributed by atoms with van der Waals surface area (Å²) in [6.45, 7) is 6.10. The standard InChI is InChI=1S/C5H5NO6/c1-6-12-3(5(10)11)2(7)4(8)9/h2-3,7H,(H,8,9)(H,10,11). The summed E-state index contributed by atoms with van der Waals surface area (Å²) in [5.41, 5.74) is 0. The van der Waals surface area contributed by atoms with Crippen LogP contribution in [0.2, 0.25) is 0 Å². The van der Waals surface area contributed by atoms with Crippen LogP contribution in [0.5, 0.6) is 0 Å². The number of carbonyl (C=O) groups is 2. The van der Waals surface area contributed by atoms with Crippen molar-refractivity contribution >= 4 is 11.9 Å². The van der Waals surface area contributed by atoms with Crippen LogP contribution in [0, 0.1) is 6.57 Å². The summed E-state index contributed by atoms with van der Waals surface area (Å²) >= 11 is 0. The molecule has 0 saturated heterocycles. The molecule has 0 aromatic heterocycles. The van der Waals surface area contributed by atoms with Gasteiger partial charge in [-0.15, -0.1) is 0 Å². The SMILES string of the molecule is [C-]#[N+]OC(C(=O)O)C(O)C(=O)O. The zero-order chi connectivity index (χ0) is 9.72. The van der Waals surface area contributed by atoms with Crippen molar-refractivity contribution in [2.24, 2.45) is 0 Å². The van der Waals surface area contributed by atoms with E-state index in [1.807, 2.05) is 0 Å². The van der Waals surface area contributed by atoms with Gasteiger partial charge in [-0.25, -0.2) is 9.59 Å². The zero-order valence-corrected chi connectivity index (χ0v) is 5.67. The molecule has 0 heterocycles. The molecule has 7 nitrogen and oxygen atoms in total. The molecule has 0 amide bonds. The average molecular weight is 175 g/mol. The lowest BCUT2D eigenvalue weighted by Crippen LogP contribution is -2.40. The van der Waals surface area contributed by atoms with Crippen molar-refractivity contribution in [1.82, 2.24) is 0 Å². The van der Waals surface area contributed by atoms with Gasteiger partial charge in [0.05, 0.1) is 0 Å². The smallest absolute Gasteiger partial charge is 0.357 e. The van der Waals surface area contributed by atoms with Crippen molar-refractivity contribution in [3.63, 3.8) is 0 Å². The van der Waals surface area contributed by atoms with Crippen LogP contribution in [0.4, 0.5) is 0 Å². The van der Waals surface area contributed by atoms with Crippen LogP contribution in [-0.4, -0.2) is 39.5 Å². The van der Waals surface area contributed by atoms with Gasteiger partial charge in [-0.1, -0.05) is 0 Å². The minimum Gasteiger partial charge on any atom is -0.479 e. The van der Waals surface area contributed by atoms with E-state index in [-0.39, 0.29) is 0 Å². The molecule has 3 N–H and O–H groups in total. The topological polar surface area (TPSA) is 108 Å². The van der Waals surface area contributed by atoms with E-state index in [1.54, 1.807) is 0 Å². The van der Waals surface area contributed by atoms with Gasteiger partial charge in [0.1, 0.15) is 0 Å². The van der Waals surface area contributed by atoms with Crippen LogP contribution in [0.25, 0.3) is 5.01 Å². The fourth-order valence-corrected chi connectivity index (χ4v) is 0.424. The first-order valence-corrected chi connectivity index (χ1v) is 2.67. The van der Waals surface area contributed by atoms with Gasteiger partial charge >= 0.3 is 18.0 Å². The number of aliphatic carboxylic acids is 2. The Kier molecular flexibility index (Phi) is 3.52. The summed E-state index contributed by atoms with van der Waals surface area (Å²) in [7, 11) is 0. The molecule has 66 valence electrons. The highest BCUT2D eigenvalue weighted by Crippen LogP contribution is 2.00. The highest BCUT2D eigenvalue weighted by Gasteiger charge is 2.37. The Labute approximate surface area is 66.6 Å². The lowest BCUT2D eigenvalue weighted by Gasteiger charge is -2.07. The van der Waals surface area contributed by atoms with E-state index in [1.165, 1.54) is 0 Å². The van der Waals surface area contributed by atoms with Gasteiger partial charge in [0.2, 0.25) is 6.10 Å². The van der Waals surface area contributed by atoms with Crippen LogP contribution in [0.1, 0.15) is 0 Å². The number of nitrogens with zero attached hydrogens (tertiary/aromatic N) is 1. The van der Waals surface area contributed by atoms with Gasteiger partial charge in [0.25, 0.3) is 0 Å². The number of hydrogen-bond donors (Lipinski definition) is 3. The molecule has 0 saturated carbocycles. The van der Waals surface area contributed by atoms with E-state index in [0.717, 1.165) is 0 Å². The summed E-state index contributed by atoms with van der Waals surface area (Å²) in [6, 6.07) is 0. The maximum Gasteiger partial charge on any atom is 0.357 e. The molecule has 0 aliphatic carbocycles. The number of carboxylic acid groups (broad SMARTS) is 2. The number of carboxylic acids is 2. The van der Waals surface area contributed by atoms with Crippen molar-refractivity contribution in [3.8, 4) is 0 Å². The second-order valence-corrected chi connectivity index (χ2v) is 1.74. The molecule has 0 aliphatic heterocycles. The highest BCUT2D eigenvalue weighted by atomic mass is 16.7. The van der Waals surface area contributed by atoms with Crippen LogP contribution >= 0.6 is 0 Å². The van der Waals surface area contributed by atoms with E-state index in [4.69, 9.17) is 21.9 Å². The fraction of sp³-hybridized carbons (Fsp3) is 0.400. The lowest BCUT2D eigenvalue weighted by molar-refractivity contribution is -0.166. The molecule has 0 radical (unpaired) electrons. The minimum atomic E-state index is -2.24. The van der Waals surface area contributed by atoms with Gasteiger partial charge in [-0.3, -0.25) is 0 Å². The van der Waals surface area contributed by atoms with E-state index in [0.29, 0.717) is 0 Å². The van der Waals surface area contributed by atoms with Crippen molar-refractivity contribution in [2.45, 2.75) is 12.2 Å². The third-order valence-corrected chi connectivity index (χ3v) is 0.949. The summed E-state index contributed by atoms with van der Waals surface area (Å²) in [4.78, 5) is 24.0. The maximum atomic E-state index is 10.1. The first-order valence-electron chi connectivity index (χ1n) is 2.67. The molecule has 0 aromatic rings. The van der Waals surface area contributed by atoms with Gasteiger partial charge in [-0.2, -0.15) is 11.4 Å². The Hall–Kier alpha value is -1.81. The van der Waals surface area contributed by atoms with Crippen molar-refractivity contribution in [3.05, 3.63) is 11.6 Å². The average Bonchev–Trinajstić information content (AvgIpc) is 1.98. The Balaban J connectivity index is 4.42. The first kappa shape index (κ1) is 10.2. The monoisotopic (exact) mass is 175 g/mol. The molecule has 0 fully saturated rings. The van der Waals surface area contributed by atoms with Gasteiger partial charge in [0, 0.05) is 0 Å². The highest BCUT2D eigenvalue weighted by molar-refractivity contribution is 5.83. The molecule has 7 heteroatoms. The first-order chi connectivity index (χ1) is 5.50. The van der Waals surface area contributed by atoms with Crippen molar-refractivity contribution < 1.29 is 29.7 Å². The Morgan fingerprint density at radius 1 is 1.33 bits per heavy atom. The Bertz CT molecular complexity index is 231. The maximum absolute atomic E-state index is 10.1. The number of aliphatic hydroxyl groups excluding tert-OH is 1. The van der Waals surface area contributed by atoms with Gasteiger partial charge < -0.3 is 15.3 Å². The predicted octanol–water partition coefficient (Wildman–Crippen LogP) is -1.26. The van der Waals surface area contributed by atoms with Crippen LogP contribution in [0.15, 0.2) is 0 Å². The molecule has 0 rings (SSSR count). The second kappa shape index (κ2) is 4.15. The summed E-state index contributed by atoms with van der Waals surface area (Å²) in [5, 5.41) is 27.2. The predicted molar refractivity (Wildman–Crippen MR) is 32.8 cm³/mol. The second-order valence-electron chi connectivity index (χ2n) is 1.74. The summed E-state index contributed by atoms with van der Waals surface area (Å²) in [6.07, 6.45) is -4.29. The third kappa shape index (κ3) is 2.43. The minimum absolute atomic E-state index is 1.71. The quantitative estimate of drug-likeness (QED) is 0.363. The van der Waals surface area contributed by atoms with Crippen molar-refractivity contribution in [1.29, 1.82) is 0 Å². The van der Waals surface area contributed by atoms with Crippen molar-refractivity contribution in [2.75, 3.05) is 0 Å². The van der Waals surface area contributed by atoms with Crippen LogP contribution < -0.4 is 0 Å². The van der Waals surface area contributed by atoms with E-state index in [2.05, 4.69) is 9.85 Å². The summed E-state index contributed by atoms with van der Waals surface area (Å²) in [5.74, 6) is -3.47. The van der Waals surface area contributed by atoms with E-state index < -0.39 is 24.1 Å². The Morgan fingerprint density at radius 3 is 2.08 bits per heavy atom. The van der Waals surface area contributed by atoms with Gasteiger partial charge in [0.15, 0.2) is 0 Å². The lowest BCUT2D eigenvalue weighted by atomic mass is 10.2. The van der Waals surface area contributed by atoms with E-state index in [9.17, 15) is 9.59 Å². The zero-order valence-electron chi connectivity index (χ0n) is 5.67. The normalized spacial score (nSPS) is 14.0. The molecule has 0 aromatic carbocycles. The molecular weight excluding hydrogens is 170 g/mol. The van der Waals surface area contributed by atoms with Gasteiger partial charge in [-0.05, 0) is 5.01 Å². The van der Waals surface area contributed by atoms with Crippen LogP contribution in [0.3, 0.4) is 0 Å². The summed E-state index contributed by atoms with van der Waals surface area (Å²) < 4.78 is 0. The number of rotatable bonds is 4. The molecule has 0 bridgehead atoms. The number of hydrogen-bond acceptors (Lipinski definition) is 4.